The van der Waals surface area contributed by atoms with Crippen molar-refractivity contribution in [1.29, 1.82) is 0 Å². The highest BCUT2D eigenvalue weighted by Crippen LogP contribution is 2.33. The van der Waals surface area contributed by atoms with E-state index in [1.165, 1.54) is 0 Å². The van der Waals surface area contributed by atoms with E-state index in [2.05, 4.69) is 15.0 Å². The molecule has 1 aliphatic carbocycles. The van der Waals surface area contributed by atoms with Crippen LogP contribution in [0, 0.1) is 0 Å². The van der Waals surface area contributed by atoms with Crippen LogP contribution in [0.3, 0.4) is 0 Å². The predicted octanol–water partition coefficient (Wildman–Crippen LogP) is 2.38. The van der Waals surface area contributed by atoms with Gasteiger partial charge >= 0.3 is 0 Å². The maximum atomic E-state index is 13.2. The zero-order chi connectivity index (χ0) is 18.1. The molecule has 0 saturated carbocycles. The lowest BCUT2D eigenvalue weighted by Gasteiger charge is -2.23. The molecule has 1 saturated heterocycles. The second-order valence-electron chi connectivity index (χ2n) is 7.44. The first-order valence-corrected chi connectivity index (χ1v) is 9.38. The first-order chi connectivity index (χ1) is 12.6. The Bertz CT molecular complexity index is 801. The lowest BCUT2D eigenvalue weighted by molar-refractivity contribution is 0.0718. The molecular weight excluding hydrogens is 330 g/mol. The lowest BCUT2D eigenvalue weighted by atomic mass is 9.96. The molecule has 1 amide bonds. The normalized spacial score (nSPS) is 19.8. The Morgan fingerprint density at radius 1 is 1.31 bits per heavy atom. The molecule has 138 valence electrons. The van der Waals surface area contributed by atoms with Crippen LogP contribution in [0.15, 0.2) is 16.8 Å². The van der Waals surface area contributed by atoms with E-state index in [1.54, 1.807) is 6.20 Å². The zero-order valence-corrected chi connectivity index (χ0v) is 15.4. The van der Waals surface area contributed by atoms with Gasteiger partial charge in [0.2, 0.25) is 0 Å². The summed E-state index contributed by atoms with van der Waals surface area (Å²) in [5, 5.41) is 4.11. The third kappa shape index (κ3) is 3.23. The molecule has 1 fully saturated rings. The highest BCUT2D eigenvalue weighted by atomic mass is 16.5. The number of aromatic nitrogens is 3. The van der Waals surface area contributed by atoms with Crippen LogP contribution in [0.5, 0.6) is 0 Å². The highest BCUT2D eigenvalue weighted by molar-refractivity contribution is 5.94. The Morgan fingerprint density at radius 2 is 2.15 bits per heavy atom. The summed E-state index contributed by atoms with van der Waals surface area (Å²) in [5.74, 6) is 1.58. The smallest absolute Gasteiger partial charge is 0.276 e. The second-order valence-corrected chi connectivity index (χ2v) is 7.44. The fraction of sp³-hybridized carbons (Fsp3) is 0.579. The molecular formula is C19H25N5O2. The fourth-order valence-corrected chi connectivity index (χ4v) is 3.95. The van der Waals surface area contributed by atoms with Gasteiger partial charge in [-0.3, -0.25) is 4.79 Å². The summed E-state index contributed by atoms with van der Waals surface area (Å²) in [5.41, 5.74) is 2.48. The van der Waals surface area contributed by atoms with Gasteiger partial charge in [-0.15, -0.1) is 0 Å². The number of carbonyl (C=O) groups is 1. The molecule has 7 nitrogen and oxygen atoms in total. The largest absolute Gasteiger partial charge is 0.360 e. The number of hydrogen-bond donors (Lipinski definition) is 0. The van der Waals surface area contributed by atoms with Crippen LogP contribution in [0.25, 0.3) is 0 Å². The molecule has 0 N–H and O–H groups in total. The van der Waals surface area contributed by atoms with Crippen LogP contribution in [-0.4, -0.2) is 51.5 Å². The minimum atomic E-state index is -0.0828. The molecule has 2 aromatic heterocycles. The van der Waals surface area contributed by atoms with E-state index in [0.717, 1.165) is 67.9 Å². The SMILES string of the molecule is CN(C)Cc1ccnc([C@H]2CCCN2C(=O)c2noc3c2CCCC3)n1. The summed E-state index contributed by atoms with van der Waals surface area (Å²) in [6.45, 7) is 1.47. The summed E-state index contributed by atoms with van der Waals surface area (Å²) < 4.78 is 5.44. The molecule has 0 unspecified atom stereocenters. The zero-order valence-electron chi connectivity index (χ0n) is 15.4. The van der Waals surface area contributed by atoms with Crippen LogP contribution in [0.1, 0.15) is 65.1 Å². The van der Waals surface area contributed by atoms with Gasteiger partial charge < -0.3 is 14.3 Å². The van der Waals surface area contributed by atoms with Crippen molar-refractivity contribution in [2.45, 2.75) is 51.1 Å². The molecule has 0 spiro atoms. The van der Waals surface area contributed by atoms with E-state index >= 15 is 0 Å². The van der Waals surface area contributed by atoms with Gasteiger partial charge in [0.1, 0.15) is 5.76 Å². The van der Waals surface area contributed by atoms with Crippen molar-refractivity contribution < 1.29 is 9.32 Å². The first kappa shape index (κ1) is 17.1. The Hall–Kier alpha value is -2.28. The third-order valence-corrected chi connectivity index (χ3v) is 5.17. The Balaban J connectivity index is 1.59. The number of nitrogens with zero attached hydrogens (tertiary/aromatic N) is 5. The van der Waals surface area contributed by atoms with Crippen molar-refractivity contribution in [3.63, 3.8) is 0 Å². The molecule has 0 aromatic carbocycles. The van der Waals surface area contributed by atoms with Gasteiger partial charge in [-0.25, -0.2) is 9.97 Å². The van der Waals surface area contributed by atoms with Crippen molar-refractivity contribution in [1.82, 2.24) is 24.9 Å². The average molecular weight is 355 g/mol. The molecule has 0 radical (unpaired) electrons. The first-order valence-electron chi connectivity index (χ1n) is 9.38. The Morgan fingerprint density at radius 3 is 3.00 bits per heavy atom. The number of aryl methyl sites for hydroxylation is 1. The Labute approximate surface area is 153 Å². The molecule has 2 aliphatic rings. The molecule has 0 bridgehead atoms. The summed E-state index contributed by atoms with van der Waals surface area (Å²) in [6, 6.07) is 1.85. The fourth-order valence-electron chi connectivity index (χ4n) is 3.95. The molecule has 26 heavy (non-hydrogen) atoms. The van der Waals surface area contributed by atoms with Gasteiger partial charge in [0.15, 0.2) is 11.5 Å². The second kappa shape index (κ2) is 7.15. The van der Waals surface area contributed by atoms with Crippen LogP contribution >= 0.6 is 0 Å². The Kier molecular flexibility index (Phi) is 4.72. The van der Waals surface area contributed by atoms with E-state index in [-0.39, 0.29) is 11.9 Å². The number of likely N-dealkylation sites (tertiary alicyclic amines) is 1. The summed E-state index contributed by atoms with van der Waals surface area (Å²) in [4.78, 5) is 26.3. The van der Waals surface area contributed by atoms with E-state index in [1.807, 2.05) is 25.1 Å². The number of hydrogen-bond acceptors (Lipinski definition) is 6. The monoisotopic (exact) mass is 355 g/mol. The third-order valence-electron chi connectivity index (χ3n) is 5.17. The molecule has 2 aromatic rings. The predicted molar refractivity (Wildman–Crippen MR) is 95.6 cm³/mol. The number of fused-ring (bicyclic) bond motifs is 1. The lowest BCUT2D eigenvalue weighted by Crippen LogP contribution is -2.32. The van der Waals surface area contributed by atoms with Gasteiger partial charge in [0.05, 0.1) is 11.7 Å². The van der Waals surface area contributed by atoms with Gasteiger partial charge in [0.25, 0.3) is 5.91 Å². The van der Waals surface area contributed by atoms with E-state index in [0.29, 0.717) is 12.2 Å². The minimum absolute atomic E-state index is 0.0407. The van der Waals surface area contributed by atoms with Crippen LogP contribution in [0.4, 0.5) is 0 Å². The van der Waals surface area contributed by atoms with Gasteiger partial charge in [-0.05, 0) is 52.3 Å². The average Bonchev–Trinajstić information content (AvgIpc) is 3.28. The summed E-state index contributed by atoms with van der Waals surface area (Å²) in [6.07, 6.45) is 7.60. The van der Waals surface area contributed by atoms with Crippen molar-refractivity contribution >= 4 is 5.91 Å². The molecule has 7 heteroatoms. The van der Waals surface area contributed by atoms with Crippen molar-refractivity contribution in [2.24, 2.45) is 0 Å². The van der Waals surface area contributed by atoms with Gasteiger partial charge in [-0.1, -0.05) is 5.16 Å². The van der Waals surface area contributed by atoms with Gasteiger partial charge in [-0.2, -0.15) is 0 Å². The summed E-state index contributed by atoms with van der Waals surface area (Å²) in [7, 11) is 4.03. The molecule has 1 aliphatic heterocycles. The minimum Gasteiger partial charge on any atom is -0.360 e. The topological polar surface area (TPSA) is 75.4 Å². The van der Waals surface area contributed by atoms with E-state index in [4.69, 9.17) is 9.51 Å². The van der Waals surface area contributed by atoms with Crippen LogP contribution < -0.4 is 0 Å². The van der Waals surface area contributed by atoms with Gasteiger partial charge in [0, 0.05) is 31.3 Å². The number of amides is 1. The van der Waals surface area contributed by atoms with Crippen LogP contribution in [0.2, 0.25) is 0 Å². The highest BCUT2D eigenvalue weighted by Gasteiger charge is 2.36. The van der Waals surface area contributed by atoms with Crippen molar-refractivity contribution in [3.05, 3.63) is 40.8 Å². The summed E-state index contributed by atoms with van der Waals surface area (Å²) >= 11 is 0. The quantitative estimate of drug-likeness (QED) is 0.838. The van der Waals surface area contributed by atoms with Crippen molar-refractivity contribution in [2.75, 3.05) is 20.6 Å². The number of carbonyl (C=O) groups excluding carboxylic acids is 1. The standard InChI is InChI=1S/C19H25N5O2/c1-23(2)12-13-9-10-20-18(21-13)15-7-5-11-24(15)19(25)17-14-6-3-4-8-16(14)26-22-17/h9-10,15H,3-8,11-12H2,1-2H3/t15-/m1/s1. The maximum Gasteiger partial charge on any atom is 0.276 e. The molecule has 4 rings (SSSR count). The maximum absolute atomic E-state index is 13.2. The molecule has 3 heterocycles. The molecule has 1 atom stereocenters. The van der Waals surface area contributed by atoms with Crippen LogP contribution in [-0.2, 0) is 19.4 Å². The number of rotatable bonds is 4. The van der Waals surface area contributed by atoms with E-state index < -0.39 is 0 Å². The van der Waals surface area contributed by atoms with Crippen molar-refractivity contribution in [3.8, 4) is 0 Å². The van der Waals surface area contributed by atoms with E-state index in [9.17, 15) is 4.79 Å².